The van der Waals surface area contributed by atoms with E-state index in [1.54, 1.807) is 23.9 Å². The van der Waals surface area contributed by atoms with Gasteiger partial charge in [0, 0.05) is 17.5 Å². The summed E-state index contributed by atoms with van der Waals surface area (Å²) in [4.78, 5) is 15.2. The van der Waals surface area contributed by atoms with Crippen molar-refractivity contribution in [2.45, 2.75) is 25.5 Å². The number of aryl methyl sites for hydroxylation is 1. The summed E-state index contributed by atoms with van der Waals surface area (Å²) in [6, 6.07) is 3.30. The maximum absolute atomic E-state index is 11.0. The zero-order chi connectivity index (χ0) is 12.8. The summed E-state index contributed by atoms with van der Waals surface area (Å²) < 4.78 is 0. The third kappa shape index (κ3) is 4.26. The SMILES string of the molecule is CSC(C)CCNc1nc(C)ccc1C(=O)O. The molecule has 17 heavy (non-hydrogen) atoms. The van der Waals surface area contributed by atoms with Crippen LogP contribution in [0.4, 0.5) is 5.82 Å². The Bertz CT molecular complexity index is 396. The van der Waals surface area contributed by atoms with Gasteiger partial charge in [0.25, 0.3) is 0 Å². The number of hydrogen-bond donors (Lipinski definition) is 2. The average Bonchev–Trinajstić information content (AvgIpc) is 2.28. The van der Waals surface area contributed by atoms with Gasteiger partial charge >= 0.3 is 5.97 Å². The lowest BCUT2D eigenvalue weighted by atomic mass is 10.2. The van der Waals surface area contributed by atoms with E-state index >= 15 is 0 Å². The van der Waals surface area contributed by atoms with Gasteiger partial charge in [-0.15, -0.1) is 0 Å². The lowest BCUT2D eigenvalue weighted by Crippen LogP contribution is -2.12. The third-order valence-corrected chi connectivity index (χ3v) is 3.55. The van der Waals surface area contributed by atoms with Gasteiger partial charge in [-0.2, -0.15) is 11.8 Å². The fraction of sp³-hybridized carbons (Fsp3) is 0.500. The number of aromatic carboxylic acids is 1. The molecule has 1 heterocycles. The van der Waals surface area contributed by atoms with Crippen LogP contribution in [0, 0.1) is 6.92 Å². The molecule has 5 heteroatoms. The molecule has 1 unspecified atom stereocenters. The van der Waals surface area contributed by atoms with E-state index in [0.29, 0.717) is 11.1 Å². The van der Waals surface area contributed by atoms with Crippen LogP contribution in [0.5, 0.6) is 0 Å². The van der Waals surface area contributed by atoms with E-state index in [-0.39, 0.29) is 5.56 Å². The van der Waals surface area contributed by atoms with E-state index in [9.17, 15) is 4.79 Å². The predicted octanol–water partition coefficient (Wildman–Crippen LogP) is 2.64. The molecule has 1 aromatic rings. The molecule has 0 radical (unpaired) electrons. The molecule has 0 aromatic carbocycles. The predicted molar refractivity (Wildman–Crippen MR) is 72.0 cm³/mol. The minimum Gasteiger partial charge on any atom is -0.478 e. The number of hydrogen-bond acceptors (Lipinski definition) is 4. The Hall–Kier alpha value is -1.23. The topological polar surface area (TPSA) is 62.2 Å². The summed E-state index contributed by atoms with van der Waals surface area (Å²) in [7, 11) is 0. The van der Waals surface area contributed by atoms with Crippen molar-refractivity contribution in [3.63, 3.8) is 0 Å². The molecule has 0 aliphatic heterocycles. The van der Waals surface area contributed by atoms with E-state index in [1.165, 1.54) is 0 Å². The fourth-order valence-corrected chi connectivity index (χ4v) is 1.73. The number of carbonyl (C=O) groups is 1. The van der Waals surface area contributed by atoms with Gasteiger partial charge in [0.05, 0.1) is 0 Å². The number of carboxylic acid groups (broad SMARTS) is 1. The molecule has 2 N–H and O–H groups in total. The normalized spacial score (nSPS) is 12.2. The molecule has 0 bridgehead atoms. The number of rotatable bonds is 6. The van der Waals surface area contributed by atoms with E-state index in [1.807, 2.05) is 6.92 Å². The summed E-state index contributed by atoms with van der Waals surface area (Å²) in [6.45, 7) is 4.73. The van der Waals surface area contributed by atoms with Crippen LogP contribution in [0.15, 0.2) is 12.1 Å². The molecule has 1 rings (SSSR count). The largest absolute Gasteiger partial charge is 0.478 e. The summed E-state index contributed by atoms with van der Waals surface area (Å²) in [6.07, 6.45) is 3.05. The van der Waals surface area contributed by atoms with Crippen LogP contribution >= 0.6 is 11.8 Å². The van der Waals surface area contributed by atoms with Crippen molar-refractivity contribution < 1.29 is 9.90 Å². The van der Waals surface area contributed by atoms with Gasteiger partial charge in [-0.25, -0.2) is 9.78 Å². The summed E-state index contributed by atoms with van der Waals surface area (Å²) >= 11 is 1.80. The van der Waals surface area contributed by atoms with Crippen molar-refractivity contribution >= 4 is 23.5 Å². The molecule has 4 nitrogen and oxygen atoms in total. The number of nitrogens with one attached hydrogen (secondary N) is 1. The Morgan fingerprint density at radius 2 is 2.29 bits per heavy atom. The standard InChI is InChI=1S/C12H18N2O2S/c1-8-4-5-10(12(15)16)11(14-8)13-7-6-9(2)17-3/h4-5,9H,6-7H2,1-3H3,(H,13,14)(H,15,16). The van der Waals surface area contributed by atoms with Gasteiger partial charge in [-0.05, 0) is 31.7 Å². The fourth-order valence-electron chi connectivity index (χ4n) is 1.38. The third-order valence-electron chi connectivity index (χ3n) is 2.51. The lowest BCUT2D eigenvalue weighted by molar-refractivity contribution is 0.0697. The van der Waals surface area contributed by atoms with Gasteiger partial charge in [0.2, 0.25) is 0 Å². The molecule has 0 aliphatic carbocycles. The molecular weight excluding hydrogens is 236 g/mol. The maximum atomic E-state index is 11.0. The van der Waals surface area contributed by atoms with Crippen LogP contribution in [0.1, 0.15) is 29.4 Å². The monoisotopic (exact) mass is 254 g/mol. The van der Waals surface area contributed by atoms with Crippen LogP contribution in [-0.4, -0.2) is 34.1 Å². The highest BCUT2D eigenvalue weighted by Crippen LogP contribution is 2.15. The summed E-state index contributed by atoms with van der Waals surface area (Å²) in [5, 5.41) is 12.7. The summed E-state index contributed by atoms with van der Waals surface area (Å²) in [5.74, 6) is -0.483. The number of aromatic nitrogens is 1. The second kappa shape index (κ2) is 6.49. The molecule has 0 saturated heterocycles. The second-order valence-corrected chi connectivity index (χ2v) is 5.19. The van der Waals surface area contributed by atoms with Crippen molar-refractivity contribution in [3.05, 3.63) is 23.4 Å². The molecule has 1 aromatic heterocycles. The second-order valence-electron chi connectivity index (χ2n) is 3.92. The van der Waals surface area contributed by atoms with E-state index in [0.717, 1.165) is 18.7 Å². The molecular formula is C12H18N2O2S. The highest BCUT2D eigenvalue weighted by molar-refractivity contribution is 7.99. The minimum atomic E-state index is -0.946. The van der Waals surface area contributed by atoms with Crippen molar-refractivity contribution in [3.8, 4) is 0 Å². The van der Waals surface area contributed by atoms with Crippen LogP contribution in [-0.2, 0) is 0 Å². The first-order valence-corrected chi connectivity index (χ1v) is 6.81. The van der Waals surface area contributed by atoms with E-state index < -0.39 is 5.97 Å². The minimum absolute atomic E-state index is 0.229. The van der Waals surface area contributed by atoms with Gasteiger partial charge < -0.3 is 10.4 Å². The zero-order valence-electron chi connectivity index (χ0n) is 10.4. The number of thioether (sulfide) groups is 1. The van der Waals surface area contributed by atoms with Gasteiger partial charge in [-0.3, -0.25) is 0 Å². The first kappa shape index (κ1) is 13.8. The summed E-state index contributed by atoms with van der Waals surface area (Å²) in [5.41, 5.74) is 1.04. The Labute approximate surface area is 106 Å². The van der Waals surface area contributed by atoms with Crippen molar-refractivity contribution in [1.82, 2.24) is 4.98 Å². The quantitative estimate of drug-likeness (QED) is 0.817. The first-order chi connectivity index (χ1) is 8.04. The molecule has 0 spiro atoms. The Kier molecular flexibility index (Phi) is 5.28. The Morgan fingerprint density at radius 1 is 1.59 bits per heavy atom. The van der Waals surface area contributed by atoms with Crippen LogP contribution in [0.3, 0.4) is 0 Å². The highest BCUT2D eigenvalue weighted by Gasteiger charge is 2.11. The highest BCUT2D eigenvalue weighted by atomic mass is 32.2. The van der Waals surface area contributed by atoms with E-state index in [2.05, 4.69) is 23.5 Å². The number of nitrogens with zero attached hydrogens (tertiary/aromatic N) is 1. The van der Waals surface area contributed by atoms with Gasteiger partial charge in [0.1, 0.15) is 11.4 Å². The molecule has 0 aliphatic rings. The van der Waals surface area contributed by atoms with Crippen LogP contribution in [0.2, 0.25) is 0 Å². The average molecular weight is 254 g/mol. The number of carboxylic acids is 1. The number of anilines is 1. The first-order valence-electron chi connectivity index (χ1n) is 5.52. The molecule has 0 saturated carbocycles. The van der Waals surface area contributed by atoms with Gasteiger partial charge in [-0.1, -0.05) is 6.92 Å². The Morgan fingerprint density at radius 3 is 2.88 bits per heavy atom. The van der Waals surface area contributed by atoms with E-state index in [4.69, 9.17) is 5.11 Å². The lowest BCUT2D eigenvalue weighted by Gasteiger charge is -2.11. The molecule has 94 valence electrons. The van der Waals surface area contributed by atoms with Crippen molar-refractivity contribution in [2.24, 2.45) is 0 Å². The smallest absolute Gasteiger partial charge is 0.339 e. The van der Waals surface area contributed by atoms with Crippen molar-refractivity contribution in [1.29, 1.82) is 0 Å². The van der Waals surface area contributed by atoms with Crippen LogP contribution < -0.4 is 5.32 Å². The zero-order valence-corrected chi connectivity index (χ0v) is 11.2. The van der Waals surface area contributed by atoms with Crippen LogP contribution in [0.25, 0.3) is 0 Å². The maximum Gasteiger partial charge on any atom is 0.339 e. The van der Waals surface area contributed by atoms with Gasteiger partial charge in [0.15, 0.2) is 0 Å². The van der Waals surface area contributed by atoms with Crippen molar-refractivity contribution in [2.75, 3.05) is 18.1 Å². The molecule has 0 amide bonds. The molecule has 0 fully saturated rings. The number of pyridine rings is 1. The Balaban J connectivity index is 2.68. The molecule has 1 atom stereocenters.